The number of pyridine rings is 1. The molecule has 8 nitrogen and oxygen atoms in total. The summed E-state index contributed by atoms with van der Waals surface area (Å²) < 4.78 is 0. The fraction of sp³-hybridized carbons (Fsp3) is 0.500. The molecule has 0 N–H and O–H groups in total. The third-order valence-electron chi connectivity index (χ3n) is 7.31. The topological polar surface area (TPSA) is 83.8 Å². The summed E-state index contributed by atoms with van der Waals surface area (Å²) in [6.45, 7) is 8.19. The van der Waals surface area contributed by atoms with E-state index in [1.807, 2.05) is 49.3 Å². The molecule has 2 aliphatic rings. The maximum Gasteiger partial charge on any atom is 0.251 e. The zero-order valence-corrected chi connectivity index (χ0v) is 21.9. The van der Waals surface area contributed by atoms with E-state index in [1.165, 1.54) is 4.90 Å². The Morgan fingerprint density at radius 2 is 1.83 bits per heavy atom. The largest absolute Gasteiger partial charge is 0.337 e. The third-order valence-corrected chi connectivity index (χ3v) is 7.31. The number of hydrogen-bond donors (Lipinski definition) is 0. The summed E-state index contributed by atoms with van der Waals surface area (Å²) in [6.07, 6.45) is 6.85. The molecule has 0 saturated carbocycles. The van der Waals surface area contributed by atoms with Gasteiger partial charge in [-0.25, -0.2) is 0 Å². The third kappa shape index (κ3) is 5.07. The predicted octanol–water partition coefficient (Wildman–Crippen LogP) is 3.17. The second-order valence-electron chi connectivity index (χ2n) is 11.0. The van der Waals surface area contributed by atoms with Crippen molar-refractivity contribution >= 4 is 17.5 Å². The molecule has 2 atom stereocenters. The van der Waals surface area contributed by atoms with E-state index in [0.717, 1.165) is 12.0 Å². The van der Waals surface area contributed by atoms with Crippen LogP contribution < -0.4 is 4.90 Å². The fourth-order valence-corrected chi connectivity index (χ4v) is 4.90. The highest BCUT2D eigenvalue weighted by atomic mass is 16.2. The van der Waals surface area contributed by atoms with Gasteiger partial charge in [0, 0.05) is 49.3 Å². The monoisotopic (exact) mass is 488 g/mol. The lowest BCUT2D eigenvalue weighted by Crippen LogP contribution is -2.62. The van der Waals surface area contributed by atoms with E-state index < -0.39 is 12.1 Å². The van der Waals surface area contributed by atoms with Crippen LogP contribution >= 0.6 is 0 Å². The molecular formula is C28H36N6O2. The smallest absolute Gasteiger partial charge is 0.251 e. The molecule has 3 heterocycles. The number of aromatic nitrogens is 1. The predicted molar refractivity (Wildman–Crippen MR) is 139 cm³/mol. The molecule has 2 aromatic rings. The molecule has 1 aromatic heterocycles. The van der Waals surface area contributed by atoms with Crippen LogP contribution in [0.3, 0.4) is 0 Å². The highest BCUT2D eigenvalue weighted by Gasteiger charge is 2.44. The first-order valence-corrected chi connectivity index (χ1v) is 12.6. The van der Waals surface area contributed by atoms with Crippen LogP contribution in [0.15, 0.2) is 48.8 Å². The summed E-state index contributed by atoms with van der Waals surface area (Å²) in [6, 6.07) is 10.3. The number of rotatable bonds is 6. The molecule has 2 saturated heterocycles. The van der Waals surface area contributed by atoms with Crippen molar-refractivity contribution in [2.75, 3.05) is 38.6 Å². The van der Waals surface area contributed by atoms with Gasteiger partial charge in [0.05, 0.1) is 0 Å². The first-order chi connectivity index (χ1) is 17.1. The molecule has 2 aliphatic heterocycles. The molecule has 2 fully saturated rings. The van der Waals surface area contributed by atoms with E-state index in [9.17, 15) is 14.9 Å². The summed E-state index contributed by atoms with van der Waals surface area (Å²) in [4.78, 5) is 39.5. The Labute approximate surface area is 214 Å². The number of hydrogen-bond acceptors (Lipinski definition) is 6. The van der Waals surface area contributed by atoms with Crippen LogP contribution in [0.25, 0.3) is 0 Å². The van der Waals surface area contributed by atoms with Crippen molar-refractivity contribution < 1.29 is 9.59 Å². The molecule has 0 aliphatic carbocycles. The second-order valence-corrected chi connectivity index (χ2v) is 11.0. The molecule has 36 heavy (non-hydrogen) atoms. The van der Waals surface area contributed by atoms with Gasteiger partial charge < -0.3 is 9.80 Å². The minimum atomic E-state index is -0.865. The Kier molecular flexibility index (Phi) is 7.32. The Balaban J connectivity index is 1.78. The Morgan fingerprint density at radius 1 is 1.14 bits per heavy atom. The number of carbonyl (C=O) groups is 2. The molecular weight excluding hydrogens is 452 g/mol. The van der Waals surface area contributed by atoms with Crippen LogP contribution in [0.2, 0.25) is 0 Å². The quantitative estimate of drug-likeness (QED) is 0.581. The number of benzene rings is 1. The van der Waals surface area contributed by atoms with Crippen molar-refractivity contribution in [3.8, 4) is 6.19 Å². The Hall–Kier alpha value is -3.44. The maximum absolute atomic E-state index is 14.2. The standard InChI is InChI=1S/C28H36N6O2/c1-28(2,3)21-10-12-22(13-11-21)34(26(35)24-9-7-15-32(24)19-29)25(20-8-6-14-30-16-20)27(36)33-17-23(18-33)31(4)5/h6,8,10-14,16,23-25H,7,9,15,17-18H2,1-5H3/t24-,25?/m1/s1. The van der Waals surface area contributed by atoms with Gasteiger partial charge >= 0.3 is 0 Å². The Bertz CT molecular complexity index is 1110. The highest BCUT2D eigenvalue weighted by Crippen LogP contribution is 2.35. The van der Waals surface area contributed by atoms with Crippen molar-refractivity contribution in [1.29, 1.82) is 5.26 Å². The van der Waals surface area contributed by atoms with Crippen LogP contribution in [0, 0.1) is 11.5 Å². The van der Waals surface area contributed by atoms with Crippen LogP contribution in [0.5, 0.6) is 0 Å². The Morgan fingerprint density at radius 3 is 2.39 bits per heavy atom. The van der Waals surface area contributed by atoms with Gasteiger partial charge in [0.2, 0.25) is 0 Å². The molecule has 190 valence electrons. The zero-order chi connectivity index (χ0) is 26.0. The number of likely N-dealkylation sites (tertiary alicyclic amines) is 2. The van der Waals surface area contributed by atoms with E-state index >= 15 is 0 Å². The minimum Gasteiger partial charge on any atom is -0.337 e. The first kappa shape index (κ1) is 25.6. The van der Waals surface area contributed by atoms with Gasteiger partial charge in [-0.1, -0.05) is 39.0 Å². The molecule has 1 unspecified atom stereocenters. The lowest BCUT2D eigenvalue weighted by atomic mass is 9.87. The molecule has 0 spiro atoms. The van der Waals surface area contributed by atoms with Crippen LogP contribution in [-0.4, -0.2) is 77.3 Å². The first-order valence-electron chi connectivity index (χ1n) is 12.6. The summed E-state index contributed by atoms with van der Waals surface area (Å²) >= 11 is 0. The van der Waals surface area contributed by atoms with E-state index in [4.69, 9.17) is 0 Å². The van der Waals surface area contributed by atoms with E-state index in [1.54, 1.807) is 23.4 Å². The van der Waals surface area contributed by atoms with Crippen LogP contribution in [0.4, 0.5) is 5.69 Å². The van der Waals surface area contributed by atoms with E-state index in [2.05, 4.69) is 36.8 Å². The van der Waals surface area contributed by atoms with Gasteiger partial charge in [0.1, 0.15) is 12.1 Å². The van der Waals surface area contributed by atoms with Gasteiger partial charge in [0.25, 0.3) is 11.8 Å². The summed E-state index contributed by atoms with van der Waals surface area (Å²) in [7, 11) is 4.02. The molecule has 8 heteroatoms. The van der Waals surface area contributed by atoms with Crippen molar-refractivity contribution in [1.82, 2.24) is 19.7 Å². The average molecular weight is 489 g/mol. The van der Waals surface area contributed by atoms with E-state index in [0.29, 0.717) is 43.3 Å². The summed E-state index contributed by atoms with van der Waals surface area (Å²) in [5.74, 6) is -0.361. The highest BCUT2D eigenvalue weighted by molar-refractivity contribution is 6.04. The van der Waals surface area contributed by atoms with Gasteiger partial charge in [-0.3, -0.25) is 24.4 Å². The maximum atomic E-state index is 14.2. The van der Waals surface area contributed by atoms with Crippen molar-refractivity contribution in [3.63, 3.8) is 0 Å². The fourth-order valence-electron chi connectivity index (χ4n) is 4.90. The van der Waals surface area contributed by atoms with Gasteiger partial charge in [0.15, 0.2) is 6.19 Å². The number of nitriles is 1. The summed E-state index contributed by atoms with van der Waals surface area (Å²) in [5.41, 5.74) is 2.39. The van der Waals surface area contributed by atoms with Crippen LogP contribution in [0.1, 0.15) is 50.8 Å². The number of carbonyl (C=O) groups excluding carboxylic acids is 2. The molecule has 4 rings (SSSR count). The lowest BCUT2D eigenvalue weighted by molar-refractivity contribution is -0.141. The van der Waals surface area contributed by atoms with Crippen LogP contribution in [-0.2, 0) is 15.0 Å². The second kappa shape index (κ2) is 10.3. The molecule has 0 radical (unpaired) electrons. The van der Waals surface area contributed by atoms with Crippen molar-refractivity contribution in [3.05, 3.63) is 59.9 Å². The SMILES string of the molecule is CN(C)C1CN(C(=O)C(c2cccnc2)N(C(=O)[C@H]2CCCN2C#N)c2ccc(C(C)(C)C)cc2)C1. The van der Waals surface area contributed by atoms with Gasteiger partial charge in [-0.05, 0) is 56.1 Å². The number of anilines is 1. The number of amides is 2. The van der Waals surface area contributed by atoms with Crippen molar-refractivity contribution in [2.45, 2.75) is 57.2 Å². The summed E-state index contributed by atoms with van der Waals surface area (Å²) in [5, 5.41) is 9.66. The molecule has 2 amide bonds. The molecule has 1 aromatic carbocycles. The molecule has 0 bridgehead atoms. The zero-order valence-electron chi connectivity index (χ0n) is 21.9. The minimum absolute atomic E-state index is 0.0478. The van der Waals surface area contributed by atoms with Crippen molar-refractivity contribution in [2.24, 2.45) is 0 Å². The average Bonchev–Trinajstić information content (AvgIpc) is 3.30. The normalized spacial score (nSPS) is 19.1. The van der Waals surface area contributed by atoms with Gasteiger partial charge in [-0.15, -0.1) is 0 Å². The van der Waals surface area contributed by atoms with E-state index in [-0.39, 0.29) is 17.2 Å². The van der Waals surface area contributed by atoms with Gasteiger partial charge in [-0.2, -0.15) is 5.26 Å². The lowest BCUT2D eigenvalue weighted by Gasteiger charge is -2.45. The number of likely N-dealkylation sites (N-methyl/N-ethyl adjacent to an activating group) is 1. The number of nitrogens with zero attached hydrogens (tertiary/aromatic N) is 6.